The first-order valence-electron chi connectivity index (χ1n) is 6.25. The molecule has 1 aromatic rings. The van der Waals surface area contributed by atoms with Crippen LogP contribution in [0.2, 0.25) is 0 Å². The van der Waals surface area contributed by atoms with Crippen molar-refractivity contribution in [1.82, 2.24) is 15.3 Å². The van der Waals surface area contributed by atoms with Gasteiger partial charge in [-0.25, -0.2) is 4.98 Å². The van der Waals surface area contributed by atoms with Crippen LogP contribution in [0.25, 0.3) is 0 Å². The standard InChI is InChI=1S/C13H21N3O/c1-13(2,3)15-8-10-7-14-9-12(16-10)17-11-5-4-6-11/h7,9,11,15H,4-6,8H2,1-3H3. The molecule has 1 aliphatic rings. The third-order valence-electron chi connectivity index (χ3n) is 2.80. The number of rotatable bonds is 4. The predicted molar refractivity (Wildman–Crippen MR) is 66.9 cm³/mol. The highest BCUT2D eigenvalue weighted by Crippen LogP contribution is 2.23. The summed E-state index contributed by atoms with van der Waals surface area (Å²) in [5.41, 5.74) is 1.02. The first-order valence-corrected chi connectivity index (χ1v) is 6.25. The van der Waals surface area contributed by atoms with Crippen molar-refractivity contribution < 1.29 is 4.74 Å². The van der Waals surface area contributed by atoms with Gasteiger partial charge < -0.3 is 10.1 Å². The van der Waals surface area contributed by atoms with E-state index in [9.17, 15) is 0 Å². The average molecular weight is 235 g/mol. The van der Waals surface area contributed by atoms with Crippen molar-refractivity contribution in [1.29, 1.82) is 0 Å². The molecule has 2 rings (SSSR count). The molecule has 4 heteroatoms. The third kappa shape index (κ3) is 3.97. The fourth-order valence-electron chi connectivity index (χ4n) is 1.54. The van der Waals surface area contributed by atoms with Crippen LogP contribution in [0.3, 0.4) is 0 Å². The van der Waals surface area contributed by atoms with Crippen molar-refractivity contribution in [2.24, 2.45) is 0 Å². The van der Waals surface area contributed by atoms with Gasteiger partial charge in [0.25, 0.3) is 0 Å². The summed E-state index contributed by atoms with van der Waals surface area (Å²) in [5, 5.41) is 3.39. The summed E-state index contributed by atoms with van der Waals surface area (Å²) in [6, 6.07) is 0. The van der Waals surface area contributed by atoms with Gasteiger partial charge in [-0.2, -0.15) is 0 Å². The molecular weight excluding hydrogens is 214 g/mol. The molecule has 1 fully saturated rings. The Morgan fingerprint density at radius 1 is 1.35 bits per heavy atom. The van der Waals surface area contributed by atoms with E-state index in [2.05, 4.69) is 36.1 Å². The molecule has 1 saturated carbocycles. The average Bonchev–Trinajstić information content (AvgIpc) is 2.20. The second kappa shape index (κ2) is 5.00. The van der Waals surface area contributed by atoms with Crippen LogP contribution in [0.5, 0.6) is 5.88 Å². The normalized spacial score (nSPS) is 16.6. The van der Waals surface area contributed by atoms with Gasteiger partial charge in [-0.15, -0.1) is 0 Å². The van der Waals surface area contributed by atoms with Gasteiger partial charge >= 0.3 is 0 Å². The van der Waals surface area contributed by atoms with Crippen LogP contribution >= 0.6 is 0 Å². The van der Waals surface area contributed by atoms with Gasteiger partial charge in [-0.05, 0) is 40.0 Å². The van der Waals surface area contributed by atoms with Gasteiger partial charge in [0.1, 0.15) is 6.10 Å². The Morgan fingerprint density at radius 2 is 2.12 bits per heavy atom. The van der Waals surface area contributed by atoms with Crippen molar-refractivity contribution in [2.75, 3.05) is 0 Å². The van der Waals surface area contributed by atoms with Gasteiger partial charge in [0.2, 0.25) is 5.88 Å². The number of ether oxygens (including phenoxy) is 1. The lowest BCUT2D eigenvalue weighted by atomic mass is 9.96. The monoisotopic (exact) mass is 235 g/mol. The molecule has 1 N–H and O–H groups in total. The molecule has 0 saturated heterocycles. The van der Waals surface area contributed by atoms with E-state index < -0.39 is 0 Å². The number of hydrogen-bond acceptors (Lipinski definition) is 4. The van der Waals surface area contributed by atoms with Crippen LogP contribution in [0, 0.1) is 0 Å². The Hall–Kier alpha value is -1.16. The predicted octanol–water partition coefficient (Wildman–Crippen LogP) is 2.30. The third-order valence-corrected chi connectivity index (χ3v) is 2.80. The molecule has 0 aliphatic heterocycles. The van der Waals surface area contributed by atoms with Crippen LogP contribution in [-0.2, 0) is 6.54 Å². The Kier molecular flexibility index (Phi) is 3.62. The summed E-state index contributed by atoms with van der Waals surface area (Å²) < 4.78 is 5.72. The van der Waals surface area contributed by atoms with Crippen molar-refractivity contribution in [3.8, 4) is 5.88 Å². The van der Waals surface area contributed by atoms with E-state index in [1.54, 1.807) is 12.4 Å². The fraction of sp³-hybridized carbons (Fsp3) is 0.692. The van der Waals surface area contributed by atoms with Gasteiger partial charge in [0.15, 0.2) is 0 Å². The summed E-state index contributed by atoms with van der Waals surface area (Å²) in [5.74, 6) is 0.655. The number of aromatic nitrogens is 2. The summed E-state index contributed by atoms with van der Waals surface area (Å²) in [4.78, 5) is 8.62. The maximum atomic E-state index is 5.72. The quantitative estimate of drug-likeness (QED) is 0.870. The highest BCUT2D eigenvalue weighted by molar-refractivity contribution is 5.09. The minimum atomic E-state index is 0.0898. The molecule has 0 spiro atoms. The summed E-state index contributed by atoms with van der Waals surface area (Å²) >= 11 is 0. The molecule has 0 bridgehead atoms. The van der Waals surface area contributed by atoms with E-state index >= 15 is 0 Å². The zero-order valence-corrected chi connectivity index (χ0v) is 10.9. The lowest BCUT2D eigenvalue weighted by Crippen LogP contribution is -2.35. The van der Waals surface area contributed by atoms with Gasteiger partial charge in [-0.3, -0.25) is 4.98 Å². The van der Waals surface area contributed by atoms with E-state index in [0.29, 0.717) is 12.0 Å². The lowest BCUT2D eigenvalue weighted by molar-refractivity contribution is 0.113. The lowest BCUT2D eigenvalue weighted by Gasteiger charge is -2.25. The van der Waals surface area contributed by atoms with Gasteiger partial charge in [0.05, 0.1) is 11.9 Å². The highest BCUT2D eigenvalue weighted by atomic mass is 16.5. The van der Waals surface area contributed by atoms with Crippen molar-refractivity contribution in [3.05, 3.63) is 18.1 Å². The minimum absolute atomic E-state index is 0.0898. The topological polar surface area (TPSA) is 47.0 Å². The first-order chi connectivity index (χ1) is 8.03. The molecule has 0 unspecified atom stereocenters. The van der Waals surface area contributed by atoms with Crippen molar-refractivity contribution in [2.45, 2.75) is 58.2 Å². The molecule has 4 nitrogen and oxygen atoms in total. The Balaban J connectivity index is 1.91. The fourth-order valence-corrected chi connectivity index (χ4v) is 1.54. The molecule has 0 amide bonds. The van der Waals surface area contributed by atoms with Crippen molar-refractivity contribution in [3.63, 3.8) is 0 Å². The van der Waals surface area contributed by atoms with E-state index in [4.69, 9.17) is 4.74 Å². The maximum absolute atomic E-state index is 5.72. The Labute approximate surface area is 103 Å². The molecule has 17 heavy (non-hydrogen) atoms. The van der Waals surface area contributed by atoms with Crippen LogP contribution in [0.15, 0.2) is 12.4 Å². The van der Waals surface area contributed by atoms with Crippen LogP contribution in [0.1, 0.15) is 45.7 Å². The van der Waals surface area contributed by atoms with Crippen LogP contribution < -0.4 is 10.1 Å². The van der Waals surface area contributed by atoms with E-state index in [-0.39, 0.29) is 5.54 Å². The zero-order chi connectivity index (χ0) is 12.3. The molecule has 1 aromatic heterocycles. The second-order valence-corrected chi connectivity index (χ2v) is 5.62. The van der Waals surface area contributed by atoms with E-state index in [1.165, 1.54) is 6.42 Å². The Morgan fingerprint density at radius 3 is 2.71 bits per heavy atom. The van der Waals surface area contributed by atoms with Gasteiger partial charge in [-0.1, -0.05) is 0 Å². The first kappa shape index (κ1) is 12.3. The molecule has 1 aliphatic carbocycles. The SMILES string of the molecule is CC(C)(C)NCc1cncc(OC2CCC2)n1. The van der Waals surface area contributed by atoms with Crippen LogP contribution in [-0.4, -0.2) is 21.6 Å². The van der Waals surface area contributed by atoms with E-state index in [0.717, 1.165) is 25.1 Å². The molecule has 0 radical (unpaired) electrons. The smallest absolute Gasteiger partial charge is 0.232 e. The highest BCUT2D eigenvalue weighted by Gasteiger charge is 2.19. The van der Waals surface area contributed by atoms with Gasteiger partial charge in [0, 0.05) is 18.3 Å². The molecule has 0 atom stereocenters. The minimum Gasteiger partial charge on any atom is -0.473 e. The van der Waals surface area contributed by atoms with Crippen LogP contribution in [0.4, 0.5) is 0 Å². The number of hydrogen-bond donors (Lipinski definition) is 1. The molecule has 1 heterocycles. The summed E-state index contributed by atoms with van der Waals surface area (Å²) in [6.07, 6.45) is 7.39. The second-order valence-electron chi connectivity index (χ2n) is 5.62. The van der Waals surface area contributed by atoms with E-state index in [1.807, 2.05) is 0 Å². The zero-order valence-electron chi connectivity index (χ0n) is 10.9. The molecular formula is C13H21N3O. The largest absolute Gasteiger partial charge is 0.473 e. The number of nitrogens with one attached hydrogen (secondary N) is 1. The van der Waals surface area contributed by atoms with Crippen molar-refractivity contribution >= 4 is 0 Å². The Bertz CT molecular complexity index is 369. The number of nitrogens with zero attached hydrogens (tertiary/aromatic N) is 2. The molecule has 94 valence electrons. The molecule has 0 aromatic carbocycles. The summed E-state index contributed by atoms with van der Waals surface area (Å²) in [7, 11) is 0. The maximum Gasteiger partial charge on any atom is 0.232 e. The summed E-state index contributed by atoms with van der Waals surface area (Å²) in [6.45, 7) is 7.12.